The number of unbranched alkanes of at least 4 members (excludes halogenated alkanes) is 1. The van der Waals surface area contributed by atoms with Crippen LogP contribution in [0, 0.1) is 3.57 Å². The predicted octanol–water partition coefficient (Wildman–Crippen LogP) is 3.64. The molecular weight excluding hydrogens is 2060 g/mol. The number of hydrogen-bond donors (Lipinski definition) is 12. The molecule has 0 radical (unpaired) electrons. The normalized spacial score (nSPS) is 14.7. The lowest BCUT2D eigenvalue weighted by Gasteiger charge is -2.37. The van der Waals surface area contributed by atoms with Crippen molar-refractivity contribution < 1.29 is 148 Å². The first-order valence-electron chi connectivity index (χ1n) is 50.8. The number of nitrogens with one attached hydrogen (secondary N) is 11. The number of carboxylic acids is 1. The smallest absolute Gasteiger partial charge is 0.323 e. The first-order chi connectivity index (χ1) is 68.9. The third-order valence-corrected chi connectivity index (χ3v) is 21.3. The van der Waals surface area contributed by atoms with Crippen LogP contribution in [0.2, 0.25) is 0 Å². The number of nitrogens with zero attached hydrogens (tertiary/aromatic N) is 4. The van der Waals surface area contributed by atoms with Gasteiger partial charge in [0.2, 0.25) is 65.0 Å². The standard InChI is InChI=1S/C102H170IN15O31/c1-95(2,3)142-82(127)41-35-70(90(135)105-47-45-81(125)126)113-93(138)73(38-44-85(130)145-98(10,11)12)114-92(137)72(37-43-84(129)144-97(7,8)9)111-80(124)66-141-59-58-140-57-48-106-89(134)69(112-91(136)71(36-42-83(128)143-96(4,5)6)110-76(120)30-27-28-67-31-33-68(103)34-32-67)29-25-26-46-104-77(121)60-108-79(123)62-109-78(122)61-107-75(119)40-39-74(94(139)149-102(22,23)24)118-55-53-116(64-87(132)147-100(16,17)18)51-49-115(63-86(131)146-99(13,14)15)50-52-117(54-56-118)65-88(133)148-101(19,20)21/h31-34,69-74H,25-30,35-66H2,1-24H3,(H,104,121)(H,105,135)(H,106,134)(H,107,119)(H,108,123)(H,109,122)(H,110,120)(H,111,124)(H,112,136)(H,113,138)(H,114,137)(H,125,126)/t69-,70-,71-,72-,73-,74-/m1/s1. The molecule has 0 spiro atoms. The molecule has 12 N–H and O–H groups in total. The summed E-state index contributed by atoms with van der Waals surface area (Å²) in [5.74, 6) is -15.1. The summed E-state index contributed by atoms with van der Waals surface area (Å²) in [5, 5.41) is 37.2. The third kappa shape index (κ3) is 69.3. The molecule has 1 aliphatic heterocycles. The maximum absolute atomic E-state index is 14.4. The van der Waals surface area contributed by atoms with E-state index in [4.69, 9.17) is 47.4 Å². The van der Waals surface area contributed by atoms with Crippen LogP contribution in [0.3, 0.4) is 0 Å². The number of esters is 8. The molecule has 0 bridgehead atoms. The van der Waals surface area contributed by atoms with E-state index in [0.717, 1.165) is 9.13 Å². The lowest BCUT2D eigenvalue weighted by atomic mass is 10.1. The van der Waals surface area contributed by atoms with Crippen LogP contribution in [0.1, 0.15) is 274 Å². The highest BCUT2D eigenvalue weighted by Gasteiger charge is 2.38. The highest BCUT2D eigenvalue weighted by atomic mass is 127. The maximum Gasteiger partial charge on any atom is 0.323 e. The van der Waals surface area contributed by atoms with Gasteiger partial charge in [0.15, 0.2) is 0 Å². The number of ether oxygens (including phenoxy) is 10. The zero-order valence-electron chi connectivity index (χ0n) is 92.0. The van der Waals surface area contributed by atoms with Gasteiger partial charge in [-0.2, -0.15) is 0 Å². The van der Waals surface area contributed by atoms with E-state index in [-0.39, 0.29) is 169 Å². The third-order valence-electron chi connectivity index (χ3n) is 20.5. The zero-order chi connectivity index (χ0) is 113. The number of hydrogen-bond acceptors (Lipinski definition) is 34. The molecule has 0 aliphatic carbocycles. The Balaban J connectivity index is 2.33. The van der Waals surface area contributed by atoms with Gasteiger partial charge >= 0.3 is 53.7 Å². The second-order valence-electron chi connectivity index (χ2n) is 44.2. The van der Waals surface area contributed by atoms with Crippen molar-refractivity contribution >= 4 is 141 Å². The number of rotatable bonds is 59. The second kappa shape index (κ2) is 66.0. The summed E-state index contributed by atoms with van der Waals surface area (Å²) in [5.41, 5.74) is -6.17. The fraction of sp³-hybridized carbons (Fsp3) is 0.745. The fourth-order valence-electron chi connectivity index (χ4n) is 14.2. The number of carbonyl (C=O) groups is 20. The number of carbonyl (C=O) groups excluding carboxylic acids is 19. The van der Waals surface area contributed by atoms with E-state index >= 15 is 0 Å². The summed E-state index contributed by atoms with van der Waals surface area (Å²) in [4.78, 5) is 276. The Labute approximate surface area is 890 Å². The van der Waals surface area contributed by atoms with Crippen LogP contribution >= 0.6 is 22.6 Å². The van der Waals surface area contributed by atoms with E-state index in [1.807, 2.05) is 43.9 Å². The van der Waals surface area contributed by atoms with Crippen molar-refractivity contribution in [1.82, 2.24) is 78.1 Å². The average molecular weight is 2230 g/mol. The van der Waals surface area contributed by atoms with E-state index in [2.05, 4.69) is 81.1 Å². The van der Waals surface area contributed by atoms with Gasteiger partial charge in [0.25, 0.3) is 0 Å². The van der Waals surface area contributed by atoms with Gasteiger partial charge in [-0.05, 0) is 271 Å². The largest absolute Gasteiger partial charge is 0.481 e. The van der Waals surface area contributed by atoms with Gasteiger partial charge in [0.1, 0.15) is 87.7 Å². The molecule has 1 aromatic rings. The van der Waals surface area contributed by atoms with Crippen LogP contribution in [0.4, 0.5) is 0 Å². The predicted molar refractivity (Wildman–Crippen MR) is 555 cm³/mol. The van der Waals surface area contributed by atoms with Gasteiger partial charge in [0.05, 0.1) is 65.5 Å². The van der Waals surface area contributed by atoms with Crippen molar-refractivity contribution in [3.05, 3.63) is 33.4 Å². The Hall–Kier alpha value is -10.9. The molecule has 846 valence electrons. The molecule has 0 unspecified atom stereocenters. The van der Waals surface area contributed by atoms with Crippen LogP contribution in [-0.2, 0) is 150 Å². The minimum absolute atomic E-state index is 0.00149. The summed E-state index contributed by atoms with van der Waals surface area (Å²) in [6, 6.07) is -0.759. The monoisotopic (exact) mass is 2230 g/mol. The fourth-order valence-corrected chi connectivity index (χ4v) is 14.5. The summed E-state index contributed by atoms with van der Waals surface area (Å²) in [6.45, 7) is 38.0. The van der Waals surface area contributed by atoms with Gasteiger partial charge < -0.3 is 111 Å². The Kier molecular flexibility index (Phi) is 59.5. The van der Waals surface area contributed by atoms with E-state index in [0.29, 0.717) is 12.8 Å². The van der Waals surface area contributed by atoms with Gasteiger partial charge in [-0.25, -0.2) is 0 Å². The van der Waals surface area contributed by atoms with Crippen LogP contribution in [0.5, 0.6) is 0 Å². The number of amides is 11. The van der Waals surface area contributed by atoms with E-state index in [1.165, 1.54) is 0 Å². The van der Waals surface area contributed by atoms with Gasteiger partial charge in [0, 0.05) is 114 Å². The molecule has 1 heterocycles. The SMILES string of the molecule is CC(C)(C)OC(=O)CC[C@@H](NC(=O)CCCc1ccc(I)cc1)C(=O)N[C@H](CCCCNC(=O)CNC(=O)CNC(=O)CNC(=O)CC[C@H](C(=O)OC(C)(C)C)N1CCN(CC(=O)OC(C)(C)C)CCN(CC(=O)OC(C)(C)C)CCN(CC(=O)OC(C)(C)C)CC1)C(=O)NCCOCCOCC(=O)N[C@H](CCC(=O)OC(C)(C)C)C(=O)N[C@H](CCC(=O)OC(C)(C)C)C(=O)N[C@H](CCC(=O)OC(C)(C)C)C(=O)NCCC(=O)O. The van der Waals surface area contributed by atoms with Gasteiger partial charge in [-0.1, -0.05) is 12.1 Å². The van der Waals surface area contributed by atoms with Crippen molar-refractivity contribution in [1.29, 1.82) is 0 Å². The summed E-state index contributed by atoms with van der Waals surface area (Å²) in [6.07, 6.45) is -2.73. The molecular formula is C102H170IN15O31. The molecule has 1 aromatic carbocycles. The molecule has 0 saturated carbocycles. The van der Waals surface area contributed by atoms with Gasteiger partial charge in [-0.3, -0.25) is 115 Å². The lowest BCUT2D eigenvalue weighted by molar-refractivity contribution is -0.163. The molecule has 1 aliphatic rings. The van der Waals surface area contributed by atoms with Crippen molar-refractivity contribution in [2.75, 3.05) is 138 Å². The highest BCUT2D eigenvalue weighted by molar-refractivity contribution is 14.1. The first-order valence-corrected chi connectivity index (χ1v) is 51.9. The molecule has 149 heavy (non-hydrogen) atoms. The second-order valence-corrected chi connectivity index (χ2v) is 45.4. The summed E-state index contributed by atoms with van der Waals surface area (Å²) < 4.78 is 57.2. The molecule has 46 nitrogen and oxygen atoms in total. The Morgan fingerprint density at radius 1 is 0.302 bits per heavy atom. The van der Waals surface area contributed by atoms with Crippen molar-refractivity contribution in [3.63, 3.8) is 0 Å². The molecule has 0 aromatic heterocycles. The average Bonchev–Trinajstić information content (AvgIpc) is 0.847. The molecule has 1 fully saturated rings. The highest BCUT2D eigenvalue weighted by Crippen LogP contribution is 2.23. The Morgan fingerprint density at radius 2 is 0.631 bits per heavy atom. The van der Waals surface area contributed by atoms with Crippen LogP contribution in [0.25, 0.3) is 0 Å². The molecule has 1 saturated heterocycles. The van der Waals surface area contributed by atoms with Crippen molar-refractivity contribution in [2.45, 2.75) is 356 Å². The quantitative estimate of drug-likeness (QED) is 0.0192. The number of aryl methyl sites for hydroxylation is 1. The molecule has 2 rings (SSSR count). The molecule has 11 amide bonds. The lowest BCUT2D eigenvalue weighted by Crippen LogP contribution is -2.57. The Morgan fingerprint density at radius 3 is 1.01 bits per heavy atom. The van der Waals surface area contributed by atoms with E-state index in [9.17, 15) is 101 Å². The van der Waals surface area contributed by atoms with Crippen LogP contribution in [0.15, 0.2) is 24.3 Å². The zero-order valence-corrected chi connectivity index (χ0v) is 94.2. The summed E-state index contributed by atoms with van der Waals surface area (Å²) >= 11 is 2.18. The van der Waals surface area contributed by atoms with Crippen molar-refractivity contribution in [2.24, 2.45) is 0 Å². The minimum atomic E-state index is -1.66. The first kappa shape index (κ1) is 134. The maximum atomic E-state index is 14.4. The molecule has 47 heteroatoms. The van der Waals surface area contributed by atoms with E-state index < -0.39 is 265 Å². The Bertz CT molecular complexity index is 4480. The van der Waals surface area contributed by atoms with E-state index in [1.54, 1.807) is 166 Å². The van der Waals surface area contributed by atoms with Crippen molar-refractivity contribution in [3.8, 4) is 0 Å². The topological polar surface area (TPSA) is 599 Å². The number of aliphatic carboxylic acids is 1. The molecule has 6 atom stereocenters. The number of carboxylic acid groups (broad SMARTS) is 1. The number of halogens is 1. The summed E-state index contributed by atoms with van der Waals surface area (Å²) in [7, 11) is 0. The van der Waals surface area contributed by atoms with Gasteiger partial charge in [-0.15, -0.1) is 0 Å². The van der Waals surface area contributed by atoms with Crippen LogP contribution < -0.4 is 58.5 Å². The van der Waals surface area contributed by atoms with Crippen LogP contribution in [-0.4, -0.2) is 362 Å². The minimum Gasteiger partial charge on any atom is -0.481 e. The number of benzene rings is 1.